The molecule has 0 fully saturated rings. The van der Waals surface area contributed by atoms with Crippen molar-refractivity contribution >= 4 is 11.7 Å². The van der Waals surface area contributed by atoms with Crippen molar-refractivity contribution in [2.75, 3.05) is 0 Å². The van der Waals surface area contributed by atoms with Crippen molar-refractivity contribution in [3.05, 3.63) is 129 Å². The highest BCUT2D eigenvalue weighted by atomic mass is 16.4. The summed E-state index contributed by atoms with van der Waals surface area (Å²) in [5.41, 5.74) is 6.26. The summed E-state index contributed by atoms with van der Waals surface area (Å²) in [5, 5.41) is 22.8. The monoisotopic (exact) mass is 466 g/mol. The Morgan fingerprint density at radius 3 is 2.31 bits per heavy atom. The van der Waals surface area contributed by atoms with Crippen molar-refractivity contribution in [1.82, 2.24) is 4.57 Å². The third-order valence-corrected chi connectivity index (χ3v) is 6.26. The Kier molecular flexibility index (Phi) is 6.92. The SMILES string of the molecule is Cc1ccccc1C(C/C(=N/O)c1ccc(=O)n(C)c1)c1ccc(-c2cccc(C(=O)O)c2)cc1. The van der Waals surface area contributed by atoms with E-state index in [4.69, 9.17) is 0 Å². The molecule has 1 heterocycles. The molecule has 0 aliphatic rings. The van der Waals surface area contributed by atoms with E-state index in [1.54, 1.807) is 37.5 Å². The number of aromatic carboxylic acids is 1. The second-order valence-corrected chi connectivity index (χ2v) is 8.53. The topological polar surface area (TPSA) is 91.9 Å². The summed E-state index contributed by atoms with van der Waals surface area (Å²) in [4.78, 5) is 23.2. The predicted octanol–water partition coefficient (Wildman–Crippen LogP) is 5.46. The Hall–Kier alpha value is -4.45. The standard InChI is InChI=1S/C29H26N2O4/c1-19-6-3-4-9-25(19)26(17-27(30-35)24-14-15-28(32)31(2)18-24)21-12-10-20(11-13-21)22-7-5-8-23(16-22)29(33)34/h3-16,18,26,35H,17H2,1-2H3,(H,33,34)/b30-27-. The minimum absolute atomic E-state index is 0.0984. The van der Waals surface area contributed by atoms with Gasteiger partial charge < -0.3 is 14.9 Å². The second-order valence-electron chi connectivity index (χ2n) is 8.53. The number of oxime groups is 1. The van der Waals surface area contributed by atoms with Crippen molar-refractivity contribution in [2.24, 2.45) is 12.2 Å². The molecular formula is C29H26N2O4. The zero-order chi connectivity index (χ0) is 24.9. The lowest BCUT2D eigenvalue weighted by Gasteiger charge is -2.21. The summed E-state index contributed by atoms with van der Waals surface area (Å²) in [6, 6.07) is 26.1. The van der Waals surface area contributed by atoms with Crippen molar-refractivity contribution in [3.8, 4) is 11.1 Å². The number of hydrogen-bond acceptors (Lipinski definition) is 4. The Morgan fingerprint density at radius 2 is 1.66 bits per heavy atom. The smallest absolute Gasteiger partial charge is 0.335 e. The van der Waals surface area contributed by atoms with Gasteiger partial charge in [0, 0.05) is 37.2 Å². The van der Waals surface area contributed by atoms with Gasteiger partial charge in [-0.15, -0.1) is 0 Å². The fourth-order valence-corrected chi connectivity index (χ4v) is 4.30. The average Bonchev–Trinajstić information content (AvgIpc) is 2.87. The number of aromatic nitrogens is 1. The summed E-state index contributed by atoms with van der Waals surface area (Å²) in [6.07, 6.45) is 2.10. The van der Waals surface area contributed by atoms with Gasteiger partial charge in [-0.1, -0.05) is 65.8 Å². The number of hydrogen-bond donors (Lipinski definition) is 2. The molecule has 0 saturated heterocycles. The first-order valence-corrected chi connectivity index (χ1v) is 11.2. The number of rotatable bonds is 7. The van der Waals surface area contributed by atoms with Gasteiger partial charge in [-0.3, -0.25) is 4.79 Å². The molecule has 0 spiro atoms. The van der Waals surface area contributed by atoms with Gasteiger partial charge in [0.2, 0.25) is 5.56 Å². The van der Waals surface area contributed by atoms with E-state index in [0.717, 1.165) is 27.8 Å². The third kappa shape index (κ3) is 5.22. The minimum Gasteiger partial charge on any atom is -0.478 e. The van der Waals surface area contributed by atoms with Crippen LogP contribution in [0.5, 0.6) is 0 Å². The molecule has 0 aliphatic carbocycles. The maximum atomic E-state index is 11.8. The molecule has 2 N–H and O–H groups in total. The summed E-state index contributed by atoms with van der Waals surface area (Å²) >= 11 is 0. The zero-order valence-electron chi connectivity index (χ0n) is 19.6. The molecule has 0 aliphatic heterocycles. The first-order chi connectivity index (χ1) is 16.9. The lowest BCUT2D eigenvalue weighted by Crippen LogP contribution is -2.18. The fraction of sp³-hybridized carbons (Fsp3) is 0.138. The molecule has 0 saturated carbocycles. The number of nitrogens with zero attached hydrogens (tertiary/aromatic N) is 2. The van der Waals surface area contributed by atoms with Crippen LogP contribution in [-0.4, -0.2) is 26.6 Å². The number of aryl methyl sites for hydroxylation is 2. The molecule has 6 heteroatoms. The molecule has 0 bridgehead atoms. The van der Waals surface area contributed by atoms with Crippen molar-refractivity contribution in [1.29, 1.82) is 0 Å². The first kappa shape index (κ1) is 23.7. The van der Waals surface area contributed by atoms with E-state index in [2.05, 4.69) is 24.2 Å². The van der Waals surface area contributed by atoms with E-state index in [1.165, 1.54) is 10.6 Å². The molecule has 1 unspecified atom stereocenters. The highest BCUT2D eigenvalue weighted by molar-refractivity contribution is 6.00. The van der Waals surface area contributed by atoms with Gasteiger partial charge in [0.1, 0.15) is 0 Å². The molecule has 6 nitrogen and oxygen atoms in total. The van der Waals surface area contributed by atoms with Crippen molar-refractivity contribution in [2.45, 2.75) is 19.3 Å². The van der Waals surface area contributed by atoms with E-state index in [9.17, 15) is 19.9 Å². The van der Waals surface area contributed by atoms with Gasteiger partial charge in [-0.05, 0) is 52.9 Å². The van der Waals surface area contributed by atoms with E-state index < -0.39 is 5.97 Å². The van der Waals surface area contributed by atoms with Crippen LogP contribution in [0.1, 0.15) is 45.0 Å². The van der Waals surface area contributed by atoms with E-state index >= 15 is 0 Å². The van der Waals surface area contributed by atoms with Crippen LogP contribution in [0.3, 0.4) is 0 Å². The molecule has 4 rings (SSSR count). The highest BCUT2D eigenvalue weighted by Crippen LogP contribution is 2.33. The van der Waals surface area contributed by atoms with Crippen molar-refractivity contribution in [3.63, 3.8) is 0 Å². The van der Waals surface area contributed by atoms with Crippen LogP contribution in [0.25, 0.3) is 11.1 Å². The van der Waals surface area contributed by atoms with Gasteiger partial charge in [0.15, 0.2) is 0 Å². The van der Waals surface area contributed by atoms with Crippen LogP contribution in [0.4, 0.5) is 0 Å². The normalized spacial score (nSPS) is 12.3. The van der Waals surface area contributed by atoms with Crippen LogP contribution in [0.15, 0.2) is 101 Å². The molecule has 3 aromatic carbocycles. The van der Waals surface area contributed by atoms with Gasteiger partial charge in [0.25, 0.3) is 0 Å². The lowest BCUT2D eigenvalue weighted by molar-refractivity contribution is 0.0697. The first-order valence-electron chi connectivity index (χ1n) is 11.2. The Morgan fingerprint density at radius 1 is 0.914 bits per heavy atom. The van der Waals surface area contributed by atoms with E-state index in [0.29, 0.717) is 17.7 Å². The zero-order valence-corrected chi connectivity index (χ0v) is 19.6. The fourth-order valence-electron chi connectivity index (χ4n) is 4.30. The third-order valence-electron chi connectivity index (χ3n) is 6.26. The highest BCUT2D eigenvalue weighted by Gasteiger charge is 2.21. The average molecular weight is 467 g/mol. The Balaban J connectivity index is 1.73. The molecule has 35 heavy (non-hydrogen) atoms. The summed E-state index contributed by atoms with van der Waals surface area (Å²) in [7, 11) is 1.66. The molecular weight excluding hydrogens is 440 g/mol. The van der Waals surface area contributed by atoms with Gasteiger partial charge in [-0.25, -0.2) is 4.79 Å². The largest absolute Gasteiger partial charge is 0.478 e. The van der Waals surface area contributed by atoms with Crippen LogP contribution in [0.2, 0.25) is 0 Å². The number of carboxylic acid groups (broad SMARTS) is 1. The number of pyridine rings is 1. The Labute approximate surface area is 203 Å². The van der Waals surface area contributed by atoms with E-state index in [-0.39, 0.29) is 17.0 Å². The maximum Gasteiger partial charge on any atom is 0.335 e. The predicted molar refractivity (Wildman–Crippen MR) is 136 cm³/mol. The number of benzene rings is 3. The lowest BCUT2D eigenvalue weighted by atomic mass is 9.83. The van der Waals surface area contributed by atoms with Crippen LogP contribution in [-0.2, 0) is 7.05 Å². The molecule has 176 valence electrons. The van der Waals surface area contributed by atoms with Gasteiger partial charge in [-0.2, -0.15) is 0 Å². The van der Waals surface area contributed by atoms with Gasteiger partial charge in [0.05, 0.1) is 11.3 Å². The van der Waals surface area contributed by atoms with Crippen LogP contribution >= 0.6 is 0 Å². The summed E-state index contributed by atoms with van der Waals surface area (Å²) in [6.45, 7) is 2.05. The molecule has 1 aromatic heterocycles. The molecule has 0 amide bonds. The van der Waals surface area contributed by atoms with Gasteiger partial charge >= 0.3 is 5.97 Å². The number of carboxylic acids is 1. The second kappa shape index (κ2) is 10.2. The summed E-state index contributed by atoms with van der Waals surface area (Å²) < 4.78 is 1.46. The maximum absolute atomic E-state index is 11.8. The molecule has 4 aromatic rings. The summed E-state index contributed by atoms with van der Waals surface area (Å²) in [5.74, 6) is -1.06. The minimum atomic E-state index is -0.961. The molecule has 0 radical (unpaired) electrons. The van der Waals surface area contributed by atoms with Crippen LogP contribution < -0.4 is 5.56 Å². The van der Waals surface area contributed by atoms with Crippen LogP contribution in [0, 0.1) is 6.92 Å². The quantitative estimate of drug-likeness (QED) is 0.215. The Bertz CT molecular complexity index is 1450. The number of carbonyl (C=O) groups is 1. The van der Waals surface area contributed by atoms with E-state index in [1.807, 2.05) is 42.5 Å². The van der Waals surface area contributed by atoms with Crippen molar-refractivity contribution < 1.29 is 15.1 Å². The molecule has 1 atom stereocenters.